The molecule has 0 bridgehead atoms. The van der Waals surface area contributed by atoms with Crippen molar-refractivity contribution in [1.82, 2.24) is 9.38 Å². The van der Waals surface area contributed by atoms with Crippen molar-refractivity contribution < 1.29 is 17.0 Å². The van der Waals surface area contributed by atoms with E-state index in [9.17, 15) is 0 Å². The van der Waals surface area contributed by atoms with Crippen LogP contribution in [0.2, 0.25) is 5.02 Å². The lowest BCUT2D eigenvalue weighted by Gasteiger charge is -2.08. The van der Waals surface area contributed by atoms with Gasteiger partial charge in [-0.2, -0.15) is 0 Å². The highest BCUT2D eigenvalue weighted by molar-refractivity contribution is 6.30. The summed E-state index contributed by atoms with van der Waals surface area (Å²) in [6.07, 6.45) is 3.91. The number of pyridine rings is 1. The van der Waals surface area contributed by atoms with Crippen molar-refractivity contribution >= 4 is 17.2 Å². The van der Waals surface area contributed by atoms with Gasteiger partial charge in [-0.15, -0.1) is 0 Å². The van der Waals surface area contributed by atoms with Crippen molar-refractivity contribution in [2.75, 3.05) is 0 Å². The highest BCUT2D eigenvalue weighted by Crippen LogP contribution is 2.28. The zero-order valence-electron chi connectivity index (χ0n) is 11.6. The van der Waals surface area contributed by atoms with Gasteiger partial charge in [0.25, 0.3) is 0 Å². The lowest BCUT2D eigenvalue weighted by molar-refractivity contribution is -0.00000402. The van der Waals surface area contributed by atoms with Crippen molar-refractivity contribution in [1.29, 1.82) is 0 Å². The molecule has 2 aromatic heterocycles. The van der Waals surface area contributed by atoms with Crippen LogP contribution in [-0.4, -0.2) is 9.38 Å². The standard InChI is InChI=1S/C16H15ClN2.BrH/c1-10-6-11(2)16(12(3)7-10)14-9-19-8-13(17)4-5-15(19)18-14;/h4-9H,1-3H3;1H/p-1. The summed E-state index contributed by atoms with van der Waals surface area (Å²) < 4.78 is 1.97. The summed E-state index contributed by atoms with van der Waals surface area (Å²) in [6.45, 7) is 6.38. The minimum atomic E-state index is 0. The second-order valence-electron chi connectivity index (χ2n) is 5.01. The van der Waals surface area contributed by atoms with Crippen LogP contribution in [0.1, 0.15) is 16.7 Å². The van der Waals surface area contributed by atoms with E-state index in [1.54, 1.807) is 0 Å². The smallest absolute Gasteiger partial charge is 0.137 e. The molecule has 0 spiro atoms. The first-order valence-electron chi connectivity index (χ1n) is 6.27. The van der Waals surface area contributed by atoms with Crippen LogP contribution in [0.3, 0.4) is 0 Å². The Labute approximate surface area is 134 Å². The van der Waals surface area contributed by atoms with Gasteiger partial charge >= 0.3 is 0 Å². The summed E-state index contributed by atoms with van der Waals surface area (Å²) in [4.78, 5) is 4.68. The van der Waals surface area contributed by atoms with Crippen molar-refractivity contribution in [2.24, 2.45) is 0 Å². The lowest BCUT2D eigenvalue weighted by Crippen LogP contribution is -3.00. The number of benzene rings is 1. The molecule has 0 unspecified atom stereocenters. The number of imidazole rings is 1. The molecule has 0 aliphatic rings. The topological polar surface area (TPSA) is 17.3 Å². The highest BCUT2D eigenvalue weighted by atomic mass is 79.9. The van der Waals surface area contributed by atoms with Gasteiger partial charge in [-0.3, -0.25) is 0 Å². The molecule has 0 aliphatic heterocycles. The van der Waals surface area contributed by atoms with Crippen molar-refractivity contribution in [2.45, 2.75) is 20.8 Å². The Morgan fingerprint density at radius 1 is 1.00 bits per heavy atom. The first-order chi connectivity index (χ1) is 9.04. The van der Waals surface area contributed by atoms with Crippen LogP contribution < -0.4 is 17.0 Å². The molecule has 0 N–H and O–H groups in total. The minimum absolute atomic E-state index is 0. The largest absolute Gasteiger partial charge is 1.00 e. The number of hydrogen-bond acceptors (Lipinski definition) is 1. The fraction of sp³-hybridized carbons (Fsp3) is 0.188. The van der Waals surface area contributed by atoms with Gasteiger partial charge in [-0.1, -0.05) is 29.3 Å². The zero-order valence-corrected chi connectivity index (χ0v) is 14.0. The average Bonchev–Trinajstić information content (AvgIpc) is 2.69. The number of aryl methyl sites for hydroxylation is 3. The highest BCUT2D eigenvalue weighted by Gasteiger charge is 2.10. The Bertz CT molecular complexity index is 754. The number of aromatic nitrogens is 2. The molecule has 2 nitrogen and oxygen atoms in total. The predicted octanol–water partition coefficient (Wildman–Crippen LogP) is 1.58. The molecule has 0 aliphatic carbocycles. The van der Waals surface area contributed by atoms with E-state index in [0.717, 1.165) is 11.3 Å². The molecular formula is C16H15BrClN2-. The van der Waals surface area contributed by atoms with Gasteiger partial charge in [-0.05, 0) is 44.0 Å². The first kappa shape index (κ1) is 15.1. The molecule has 0 atom stereocenters. The maximum atomic E-state index is 6.01. The van der Waals surface area contributed by atoms with Gasteiger partial charge in [0.2, 0.25) is 0 Å². The van der Waals surface area contributed by atoms with Gasteiger partial charge in [0, 0.05) is 18.0 Å². The van der Waals surface area contributed by atoms with Crippen LogP contribution >= 0.6 is 11.6 Å². The second kappa shape index (κ2) is 5.58. The van der Waals surface area contributed by atoms with Crippen LogP contribution in [0.15, 0.2) is 36.7 Å². The van der Waals surface area contributed by atoms with Crippen molar-refractivity contribution in [3.8, 4) is 11.3 Å². The summed E-state index contributed by atoms with van der Waals surface area (Å²) in [6, 6.07) is 8.19. The minimum Gasteiger partial charge on any atom is -1.00 e. The molecule has 0 fully saturated rings. The number of hydrogen-bond donors (Lipinski definition) is 0. The zero-order chi connectivity index (χ0) is 13.6. The van der Waals surface area contributed by atoms with Crippen LogP contribution in [0, 0.1) is 20.8 Å². The number of rotatable bonds is 1. The van der Waals surface area contributed by atoms with Gasteiger partial charge < -0.3 is 21.4 Å². The average molecular weight is 351 g/mol. The number of nitrogens with zero attached hydrogens (tertiary/aromatic N) is 2. The van der Waals surface area contributed by atoms with Gasteiger partial charge in [0.05, 0.1) is 10.7 Å². The van der Waals surface area contributed by atoms with Gasteiger partial charge in [0.1, 0.15) is 5.65 Å². The Morgan fingerprint density at radius 2 is 1.65 bits per heavy atom. The molecule has 3 aromatic rings. The lowest BCUT2D eigenvalue weighted by atomic mass is 9.98. The van der Waals surface area contributed by atoms with Crippen LogP contribution in [0.25, 0.3) is 16.9 Å². The summed E-state index contributed by atoms with van der Waals surface area (Å²) in [5.74, 6) is 0. The molecule has 2 heterocycles. The van der Waals surface area contributed by atoms with Gasteiger partial charge in [0.15, 0.2) is 0 Å². The fourth-order valence-corrected chi connectivity index (χ4v) is 2.84. The quantitative estimate of drug-likeness (QED) is 0.651. The maximum Gasteiger partial charge on any atom is 0.137 e. The molecule has 0 saturated heterocycles. The molecule has 0 radical (unpaired) electrons. The van der Waals surface area contributed by atoms with E-state index in [1.165, 1.54) is 22.3 Å². The molecule has 20 heavy (non-hydrogen) atoms. The molecule has 1 aromatic carbocycles. The third-order valence-electron chi connectivity index (χ3n) is 3.35. The Morgan fingerprint density at radius 3 is 2.30 bits per heavy atom. The predicted molar refractivity (Wildman–Crippen MR) is 79.8 cm³/mol. The van der Waals surface area contributed by atoms with E-state index in [4.69, 9.17) is 11.6 Å². The van der Waals surface area contributed by atoms with E-state index in [1.807, 2.05) is 28.9 Å². The van der Waals surface area contributed by atoms with Gasteiger partial charge in [-0.25, -0.2) is 4.98 Å². The third-order valence-corrected chi connectivity index (χ3v) is 3.57. The van der Waals surface area contributed by atoms with E-state index in [0.29, 0.717) is 5.02 Å². The monoisotopic (exact) mass is 349 g/mol. The van der Waals surface area contributed by atoms with E-state index in [-0.39, 0.29) is 17.0 Å². The van der Waals surface area contributed by atoms with E-state index >= 15 is 0 Å². The Hall–Kier alpha value is -1.32. The number of fused-ring (bicyclic) bond motifs is 1. The normalized spacial score (nSPS) is 10.6. The molecule has 104 valence electrons. The molecule has 0 saturated carbocycles. The molecule has 4 heteroatoms. The second-order valence-corrected chi connectivity index (χ2v) is 5.45. The Balaban J connectivity index is 0.00000147. The Kier molecular flexibility index (Phi) is 4.21. The SMILES string of the molecule is Cc1cc(C)c(-c2cn3cc(Cl)ccc3n2)c(C)c1.[Br-]. The summed E-state index contributed by atoms with van der Waals surface area (Å²) in [7, 11) is 0. The van der Waals surface area contributed by atoms with E-state index in [2.05, 4.69) is 37.9 Å². The summed E-state index contributed by atoms with van der Waals surface area (Å²) in [5, 5.41) is 0.716. The molecule has 3 rings (SSSR count). The first-order valence-corrected chi connectivity index (χ1v) is 6.65. The molecule has 0 amide bonds. The molecular weight excluding hydrogens is 336 g/mol. The number of halogens is 2. The van der Waals surface area contributed by atoms with Crippen LogP contribution in [-0.2, 0) is 0 Å². The van der Waals surface area contributed by atoms with E-state index < -0.39 is 0 Å². The van der Waals surface area contributed by atoms with Crippen molar-refractivity contribution in [3.63, 3.8) is 0 Å². The fourth-order valence-electron chi connectivity index (χ4n) is 2.67. The van der Waals surface area contributed by atoms with Crippen LogP contribution in [0.4, 0.5) is 0 Å². The van der Waals surface area contributed by atoms with Crippen LogP contribution in [0.5, 0.6) is 0 Å². The summed E-state index contributed by atoms with van der Waals surface area (Å²) >= 11 is 6.01. The maximum absolute atomic E-state index is 6.01. The van der Waals surface area contributed by atoms with Crippen molar-refractivity contribution in [3.05, 3.63) is 58.4 Å². The summed E-state index contributed by atoms with van der Waals surface area (Å²) in [5.41, 5.74) is 6.92. The third kappa shape index (κ3) is 2.60.